The van der Waals surface area contributed by atoms with Crippen LogP contribution in [0.4, 0.5) is 5.69 Å². The molecule has 0 spiro atoms. The smallest absolute Gasteiger partial charge is 0.269 e. The molecule has 0 aromatic heterocycles. The number of rotatable bonds is 5. The second-order valence-corrected chi connectivity index (χ2v) is 7.77. The number of nitrogens with zero attached hydrogens (tertiary/aromatic N) is 1. The van der Waals surface area contributed by atoms with Crippen molar-refractivity contribution < 1.29 is 13.3 Å². The van der Waals surface area contributed by atoms with Crippen LogP contribution in [0, 0.1) is 15.5 Å². The van der Waals surface area contributed by atoms with E-state index in [1.54, 1.807) is 7.05 Å². The highest BCUT2D eigenvalue weighted by Gasteiger charge is 2.29. The minimum absolute atomic E-state index is 0.0508. The Kier molecular flexibility index (Phi) is 4.88. The summed E-state index contributed by atoms with van der Waals surface area (Å²) in [7, 11) is -1.76. The number of nitro benzene ring substituents is 1. The topological polar surface area (TPSA) is 89.3 Å². The van der Waals surface area contributed by atoms with Crippen LogP contribution in [-0.4, -0.2) is 32.2 Å². The Bertz CT molecular complexity index is 573. The van der Waals surface area contributed by atoms with E-state index in [0.29, 0.717) is 0 Å². The zero-order valence-electron chi connectivity index (χ0n) is 12.1. The second-order valence-electron chi connectivity index (χ2n) is 5.74. The maximum Gasteiger partial charge on any atom is 0.269 e. The molecule has 7 heteroatoms. The van der Waals surface area contributed by atoms with Crippen LogP contribution in [0.1, 0.15) is 20.8 Å². The highest BCUT2D eigenvalue weighted by atomic mass is 32.2. The van der Waals surface area contributed by atoms with Gasteiger partial charge in [-0.2, -0.15) is 0 Å². The van der Waals surface area contributed by atoms with Crippen LogP contribution >= 0.6 is 0 Å². The van der Waals surface area contributed by atoms with Gasteiger partial charge in [-0.05, 0) is 24.6 Å². The first kappa shape index (κ1) is 16.6. The van der Waals surface area contributed by atoms with Gasteiger partial charge < -0.3 is 5.32 Å². The van der Waals surface area contributed by atoms with E-state index in [1.807, 2.05) is 20.8 Å². The molecule has 0 fully saturated rings. The number of hydrogen-bond acceptors (Lipinski definition) is 5. The standard InChI is InChI=1S/C13H20N2O4S/c1-13(2,3)12(14-4)9-20(18,19)11-7-5-10(6-8-11)15(16)17/h5-8,12,14H,9H2,1-4H3. The molecule has 112 valence electrons. The highest BCUT2D eigenvalue weighted by molar-refractivity contribution is 7.91. The summed E-state index contributed by atoms with van der Waals surface area (Å²) >= 11 is 0. The zero-order valence-corrected chi connectivity index (χ0v) is 12.9. The molecular weight excluding hydrogens is 280 g/mol. The van der Waals surface area contributed by atoms with Crippen LogP contribution in [0.2, 0.25) is 0 Å². The van der Waals surface area contributed by atoms with E-state index in [1.165, 1.54) is 24.3 Å². The fourth-order valence-electron chi connectivity index (χ4n) is 1.86. The lowest BCUT2D eigenvalue weighted by atomic mass is 9.88. The van der Waals surface area contributed by atoms with Gasteiger partial charge in [0, 0.05) is 18.2 Å². The number of non-ortho nitro benzene ring substituents is 1. The Labute approximate surface area is 119 Å². The monoisotopic (exact) mass is 300 g/mol. The average Bonchev–Trinajstić information content (AvgIpc) is 2.34. The molecule has 0 saturated carbocycles. The Morgan fingerprint density at radius 1 is 1.25 bits per heavy atom. The van der Waals surface area contributed by atoms with Crippen LogP contribution in [0.25, 0.3) is 0 Å². The van der Waals surface area contributed by atoms with Gasteiger partial charge in [0.1, 0.15) is 0 Å². The molecule has 1 aromatic rings. The van der Waals surface area contributed by atoms with Crippen LogP contribution in [0.15, 0.2) is 29.2 Å². The molecule has 0 heterocycles. The molecule has 20 heavy (non-hydrogen) atoms. The van der Waals surface area contributed by atoms with E-state index in [9.17, 15) is 18.5 Å². The van der Waals surface area contributed by atoms with Crippen molar-refractivity contribution in [2.75, 3.05) is 12.8 Å². The third-order valence-corrected chi connectivity index (χ3v) is 4.95. The predicted octanol–water partition coefficient (Wildman–Crippen LogP) is 2.00. The molecule has 0 aliphatic heterocycles. The van der Waals surface area contributed by atoms with E-state index in [-0.39, 0.29) is 27.8 Å². The van der Waals surface area contributed by atoms with E-state index in [2.05, 4.69) is 5.32 Å². The maximum absolute atomic E-state index is 12.3. The number of sulfone groups is 1. The van der Waals surface area contributed by atoms with Crippen LogP contribution < -0.4 is 5.32 Å². The number of nitrogens with one attached hydrogen (secondary N) is 1. The van der Waals surface area contributed by atoms with Gasteiger partial charge >= 0.3 is 0 Å². The molecule has 0 saturated heterocycles. The van der Waals surface area contributed by atoms with Crippen molar-refractivity contribution in [3.63, 3.8) is 0 Å². The maximum atomic E-state index is 12.3. The number of hydrogen-bond donors (Lipinski definition) is 1. The van der Waals surface area contributed by atoms with E-state index in [0.717, 1.165) is 0 Å². The molecule has 0 radical (unpaired) electrons. The average molecular weight is 300 g/mol. The second kappa shape index (κ2) is 5.88. The molecule has 0 aliphatic rings. The first-order valence-electron chi connectivity index (χ1n) is 6.22. The van der Waals surface area contributed by atoms with Gasteiger partial charge in [-0.3, -0.25) is 10.1 Å². The van der Waals surface area contributed by atoms with Gasteiger partial charge in [-0.25, -0.2) is 8.42 Å². The van der Waals surface area contributed by atoms with Gasteiger partial charge in [0.05, 0.1) is 15.6 Å². The van der Waals surface area contributed by atoms with Gasteiger partial charge in [0.15, 0.2) is 9.84 Å². The summed E-state index contributed by atoms with van der Waals surface area (Å²) in [6.07, 6.45) is 0. The lowest BCUT2D eigenvalue weighted by Crippen LogP contribution is -2.43. The first-order valence-corrected chi connectivity index (χ1v) is 7.87. The highest BCUT2D eigenvalue weighted by Crippen LogP contribution is 2.24. The lowest BCUT2D eigenvalue weighted by molar-refractivity contribution is -0.384. The normalized spacial score (nSPS) is 14.0. The largest absolute Gasteiger partial charge is 0.315 e. The van der Waals surface area contributed by atoms with Gasteiger partial charge in [-0.1, -0.05) is 20.8 Å². The number of nitro groups is 1. The van der Waals surface area contributed by atoms with Crippen molar-refractivity contribution in [3.05, 3.63) is 34.4 Å². The quantitative estimate of drug-likeness (QED) is 0.663. The van der Waals surface area contributed by atoms with Crippen molar-refractivity contribution in [1.29, 1.82) is 0 Å². The Hall–Kier alpha value is -1.47. The van der Waals surface area contributed by atoms with Gasteiger partial charge in [0.2, 0.25) is 0 Å². The van der Waals surface area contributed by atoms with Crippen molar-refractivity contribution in [2.24, 2.45) is 5.41 Å². The van der Waals surface area contributed by atoms with Crippen LogP contribution in [-0.2, 0) is 9.84 Å². The van der Waals surface area contributed by atoms with E-state index >= 15 is 0 Å². The van der Waals surface area contributed by atoms with Gasteiger partial charge in [0.25, 0.3) is 5.69 Å². The molecule has 0 amide bonds. The van der Waals surface area contributed by atoms with E-state index in [4.69, 9.17) is 0 Å². The summed E-state index contributed by atoms with van der Waals surface area (Å²) in [5.41, 5.74) is -0.326. The Morgan fingerprint density at radius 3 is 2.10 bits per heavy atom. The Morgan fingerprint density at radius 2 is 1.75 bits per heavy atom. The molecule has 1 atom stereocenters. The third kappa shape index (κ3) is 4.01. The van der Waals surface area contributed by atoms with Crippen LogP contribution in [0.3, 0.4) is 0 Å². The van der Waals surface area contributed by atoms with Gasteiger partial charge in [-0.15, -0.1) is 0 Å². The minimum atomic E-state index is -3.48. The Balaban J connectivity index is 3.02. The predicted molar refractivity (Wildman–Crippen MR) is 77.5 cm³/mol. The molecule has 1 rings (SSSR count). The van der Waals surface area contributed by atoms with Crippen LogP contribution in [0.5, 0.6) is 0 Å². The first-order chi connectivity index (χ1) is 9.08. The SMILES string of the molecule is CNC(CS(=O)(=O)c1ccc([N+](=O)[O-])cc1)C(C)(C)C. The van der Waals surface area contributed by atoms with Crippen molar-refractivity contribution in [2.45, 2.75) is 31.7 Å². The third-order valence-electron chi connectivity index (χ3n) is 3.19. The molecule has 1 aromatic carbocycles. The fourth-order valence-corrected chi connectivity index (χ4v) is 3.71. The summed E-state index contributed by atoms with van der Waals surface area (Å²) < 4.78 is 24.6. The molecule has 1 unspecified atom stereocenters. The molecule has 0 aliphatic carbocycles. The fraction of sp³-hybridized carbons (Fsp3) is 0.538. The lowest BCUT2D eigenvalue weighted by Gasteiger charge is -2.30. The molecular formula is C13H20N2O4S. The summed E-state index contributed by atoms with van der Waals surface area (Å²) in [5, 5.41) is 13.6. The summed E-state index contributed by atoms with van der Waals surface area (Å²) in [4.78, 5) is 10.1. The van der Waals surface area contributed by atoms with Crippen molar-refractivity contribution in [3.8, 4) is 0 Å². The van der Waals surface area contributed by atoms with Crippen molar-refractivity contribution in [1.82, 2.24) is 5.32 Å². The number of benzene rings is 1. The molecule has 6 nitrogen and oxygen atoms in total. The summed E-state index contributed by atoms with van der Waals surface area (Å²) in [6, 6.07) is 4.77. The van der Waals surface area contributed by atoms with E-state index < -0.39 is 14.8 Å². The van der Waals surface area contributed by atoms with Crippen molar-refractivity contribution >= 4 is 15.5 Å². The molecule has 1 N–H and O–H groups in total. The minimum Gasteiger partial charge on any atom is -0.315 e. The zero-order chi connectivity index (χ0) is 15.6. The summed E-state index contributed by atoms with van der Waals surface area (Å²) in [6.45, 7) is 5.87. The molecule has 0 bridgehead atoms. The summed E-state index contributed by atoms with van der Waals surface area (Å²) in [5.74, 6) is -0.0508.